The molecular formula is C13H19NO4. The normalized spacial score (nSPS) is 10.0. The summed E-state index contributed by atoms with van der Waals surface area (Å²) in [6.45, 7) is 2.12. The monoisotopic (exact) mass is 253 g/mol. The summed E-state index contributed by atoms with van der Waals surface area (Å²) in [6.07, 6.45) is 0.109. The van der Waals surface area contributed by atoms with E-state index in [1.54, 1.807) is 14.2 Å². The summed E-state index contributed by atoms with van der Waals surface area (Å²) in [5, 5.41) is 11.4. The Morgan fingerprint density at radius 1 is 1.33 bits per heavy atom. The Hall–Kier alpha value is -1.75. The van der Waals surface area contributed by atoms with Crippen LogP contribution in [0.2, 0.25) is 0 Å². The van der Waals surface area contributed by atoms with Gasteiger partial charge in [-0.3, -0.25) is 4.79 Å². The Kier molecular flexibility index (Phi) is 5.45. The van der Waals surface area contributed by atoms with Crippen LogP contribution in [0.5, 0.6) is 11.5 Å². The van der Waals surface area contributed by atoms with E-state index in [4.69, 9.17) is 14.6 Å². The molecule has 0 radical (unpaired) electrons. The minimum Gasteiger partial charge on any atom is -0.496 e. The number of aliphatic hydroxyl groups excluding tert-OH is 1. The van der Waals surface area contributed by atoms with Crippen molar-refractivity contribution >= 4 is 5.91 Å². The van der Waals surface area contributed by atoms with Crippen LogP contribution in [0, 0.1) is 6.92 Å². The maximum Gasteiger partial charge on any atom is 0.222 e. The van der Waals surface area contributed by atoms with Crippen molar-refractivity contribution < 1.29 is 19.4 Å². The van der Waals surface area contributed by atoms with Crippen LogP contribution >= 0.6 is 0 Å². The van der Waals surface area contributed by atoms with Crippen LogP contribution in [0.4, 0.5) is 0 Å². The Morgan fingerprint density at radius 2 is 2.06 bits per heavy atom. The van der Waals surface area contributed by atoms with E-state index in [2.05, 4.69) is 5.32 Å². The number of hydrogen-bond acceptors (Lipinski definition) is 4. The van der Waals surface area contributed by atoms with Gasteiger partial charge in [0.05, 0.1) is 20.8 Å². The molecule has 0 unspecified atom stereocenters. The van der Waals surface area contributed by atoms with Gasteiger partial charge in [0, 0.05) is 24.1 Å². The second-order valence-corrected chi connectivity index (χ2v) is 3.84. The Balaban J connectivity index is 2.83. The molecule has 0 aliphatic rings. The molecule has 0 aromatic heterocycles. The number of hydrogen-bond donors (Lipinski definition) is 2. The Labute approximate surface area is 107 Å². The highest BCUT2D eigenvalue weighted by Gasteiger charge is 2.11. The molecule has 0 aliphatic heterocycles. The van der Waals surface area contributed by atoms with Crippen molar-refractivity contribution in [1.82, 2.24) is 5.32 Å². The van der Waals surface area contributed by atoms with E-state index >= 15 is 0 Å². The van der Waals surface area contributed by atoms with E-state index in [0.29, 0.717) is 12.3 Å². The van der Waals surface area contributed by atoms with E-state index in [0.717, 1.165) is 16.9 Å². The van der Waals surface area contributed by atoms with Crippen LogP contribution in [-0.4, -0.2) is 31.8 Å². The summed E-state index contributed by atoms with van der Waals surface area (Å²) in [5.74, 6) is 1.27. The lowest BCUT2D eigenvalue weighted by atomic mass is 10.1. The third kappa shape index (κ3) is 3.37. The third-order valence-corrected chi connectivity index (χ3v) is 2.68. The zero-order chi connectivity index (χ0) is 13.5. The van der Waals surface area contributed by atoms with Crippen molar-refractivity contribution in [2.45, 2.75) is 19.9 Å². The van der Waals surface area contributed by atoms with Crippen LogP contribution in [0.3, 0.4) is 0 Å². The molecule has 0 aliphatic carbocycles. The molecular weight excluding hydrogens is 234 g/mol. The van der Waals surface area contributed by atoms with Crippen molar-refractivity contribution in [1.29, 1.82) is 0 Å². The van der Waals surface area contributed by atoms with Gasteiger partial charge in [-0.15, -0.1) is 0 Å². The largest absolute Gasteiger partial charge is 0.496 e. The predicted octanol–water partition coefficient (Wildman–Crippen LogP) is 1.01. The van der Waals surface area contributed by atoms with Gasteiger partial charge in [0.1, 0.15) is 11.5 Å². The molecule has 5 heteroatoms. The van der Waals surface area contributed by atoms with Crippen molar-refractivity contribution in [3.05, 3.63) is 23.3 Å². The van der Waals surface area contributed by atoms with Crippen LogP contribution in [0.25, 0.3) is 0 Å². The number of carbonyl (C=O) groups excluding carboxylic acids is 1. The molecule has 2 N–H and O–H groups in total. The fourth-order valence-corrected chi connectivity index (χ4v) is 1.76. The molecule has 5 nitrogen and oxygen atoms in total. The SMILES string of the molecule is COc1ccc(CNC(=O)CCO)c(OC)c1C. The first-order chi connectivity index (χ1) is 8.63. The average molecular weight is 253 g/mol. The standard InChI is InChI=1S/C13H19NO4/c1-9-11(17-2)5-4-10(13(9)18-3)8-14-12(16)6-7-15/h4-5,15H,6-8H2,1-3H3,(H,14,16). The minimum absolute atomic E-state index is 0.109. The molecule has 1 amide bonds. The summed E-state index contributed by atoms with van der Waals surface area (Å²) >= 11 is 0. The van der Waals surface area contributed by atoms with E-state index in [-0.39, 0.29) is 18.9 Å². The van der Waals surface area contributed by atoms with Gasteiger partial charge in [0.25, 0.3) is 0 Å². The number of aliphatic hydroxyl groups is 1. The fourth-order valence-electron chi connectivity index (χ4n) is 1.76. The average Bonchev–Trinajstić information content (AvgIpc) is 2.36. The highest BCUT2D eigenvalue weighted by atomic mass is 16.5. The summed E-state index contributed by atoms with van der Waals surface area (Å²) < 4.78 is 10.5. The lowest BCUT2D eigenvalue weighted by Gasteiger charge is -2.14. The molecule has 1 aromatic carbocycles. The van der Waals surface area contributed by atoms with E-state index in [1.165, 1.54) is 0 Å². The lowest BCUT2D eigenvalue weighted by molar-refractivity contribution is -0.121. The zero-order valence-corrected chi connectivity index (χ0v) is 10.9. The summed E-state index contributed by atoms with van der Waals surface area (Å²) in [7, 11) is 3.19. The third-order valence-electron chi connectivity index (χ3n) is 2.68. The van der Waals surface area contributed by atoms with Gasteiger partial charge in [-0.25, -0.2) is 0 Å². The van der Waals surface area contributed by atoms with E-state index in [1.807, 2.05) is 19.1 Å². The van der Waals surface area contributed by atoms with Gasteiger partial charge in [0.2, 0.25) is 5.91 Å². The highest BCUT2D eigenvalue weighted by molar-refractivity contribution is 5.76. The molecule has 0 bridgehead atoms. The number of amides is 1. The van der Waals surface area contributed by atoms with Crippen molar-refractivity contribution in [3.63, 3.8) is 0 Å². The van der Waals surface area contributed by atoms with Crippen LogP contribution in [0.1, 0.15) is 17.5 Å². The first-order valence-electron chi connectivity index (χ1n) is 5.72. The Morgan fingerprint density at radius 3 is 2.61 bits per heavy atom. The van der Waals surface area contributed by atoms with Gasteiger partial charge in [-0.2, -0.15) is 0 Å². The maximum atomic E-state index is 11.3. The van der Waals surface area contributed by atoms with Crippen molar-refractivity contribution in [3.8, 4) is 11.5 Å². The second-order valence-electron chi connectivity index (χ2n) is 3.84. The first-order valence-corrected chi connectivity index (χ1v) is 5.72. The van der Waals surface area contributed by atoms with Gasteiger partial charge in [0.15, 0.2) is 0 Å². The fraction of sp³-hybridized carbons (Fsp3) is 0.462. The molecule has 0 spiro atoms. The number of rotatable bonds is 6. The topological polar surface area (TPSA) is 67.8 Å². The van der Waals surface area contributed by atoms with E-state index < -0.39 is 0 Å². The quantitative estimate of drug-likeness (QED) is 0.794. The second kappa shape index (κ2) is 6.86. The molecule has 1 aromatic rings. The zero-order valence-electron chi connectivity index (χ0n) is 10.9. The number of carbonyl (C=O) groups is 1. The van der Waals surface area contributed by atoms with Gasteiger partial charge in [-0.1, -0.05) is 0 Å². The van der Waals surface area contributed by atoms with Crippen LogP contribution < -0.4 is 14.8 Å². The van der Waals surface area contributed by atoms with Crippen molar-refractivity contribution in [2.75, 3.05) is 20.8 Å². The smallest absolute Gasteiger partial charge is 0.222 e. The predicted molar refractivity (Wildman–Crippen MR) is 67.8 cm³/mol. The number of ether oxygens (including phenoxy) is 2. The lowest BCUT2D eigenvalue weighted by Crippen LogP contribution is -2.23. The Bertz CT molecular complexity index is 418. The van der Waals surface area contributed by atoms with Gasteiger partial charge in [-0.05, 0) is 19.1 Å². The molecule has 100 valence electrons. The minimum atomic E-state index is -0.187. The van der Waals surface area contributed by atoms with Gasteiger partial charge >= 0.3 is 0 Å². The molecule has 18 heavy (non-hydrogen) atoms. The summed E-state index contributed by atoms with van der Waals surface area (Å²) in [6, 6.07) is 3.69. The first kappa shape index (κ1) is 14.3. The number of benzene rings is 1. The number of nitrogens with one attached hydrogen (secondary N) is 1. The maximum absolute atomic E-state index is 11.3. The van der Waals surface area contributed by atoms with Crippen LogP contribution in [-0.2, 0) is 11.3 Å². The summed E-state index contributed by atoms with van der Waals surface area (Å²) in [4.78, 5) is 11.3. The van der Waals surface area contributed by atoms with E-state index in [9.17, 15) is 4.79 Å². The molecule has 0 fully saturated rings. The highest BCUT2D eigenvalue weighted by Crippen LogP contribution is 2.31. The summed E-state index contributed by atoms with van der Waals surface area (Å²) in [5.41, 5.74) is 1.77. The molecule has 0 saturated heterocycles. The molecule has 0 atom stereocenters. The van der Waals surface area contributed by atoms with Crippen LogP contribution in [0.15, 0.2) is 12.1 Å². The molecule has 1 rings (SSSR count). The van der Waals surface area contributed by atoms with Crippen molar-refractivity contribution in [2.24, 2.45) is 0 Å². The molecule has 0 heterocycles. The molecule has 0 saturated carbocycles. The number of methoxy groups -OCH3 is 2. The van der Waals surface area contributed by atoms with Gasteiger partial charge < -0.3 is 19.9 Å².